The van der Waals surface area contributed by atoms with Gasteiger partial charge in [0.1, 0.15) is 12.2 Å². The molecule has 5 N–H and O–H groups in total. The second-order valence-corrected chi connectivity index (χ2v) is 7.43. The van der Waals surface area contributed by atoms with E-state index in [4.69, 9.17) is 4.74 Å². The molecule has 6 atom stereocenters. The number of rotatable bonds is 5. The van der Waals surface area contributed by atoms with Gasteiger partial charge in [-0.15, -0.1) is 0 Å². The number of amides is 1. The number of hydrogen-bond donors (Lipinski definition) is 5. The molecule has 140 valence electrons. The van der Waals surface area contributed by atoms with Crippen molar-refractivity contribution in [2.45, 2.75) is 83.5 Å². The van der Waals surface area contributed by atoms with E-state index >= 15 is 0 Å². The van der Waals surface area contributed by atoms with Crippen molar-refractivity contribution in [2.75, 3.05) is 0 Å². The second kappa shape index (κ2) is 7.35. The van der Waals surface area contributed by atoms with Crippen LogP contribution in [0, 0.1) is 5.41 Å². The zero-order valence-corrected chi connectivity index (χ0v) is 14.8. The highest BCUT2D eigenvalue weighted by Gasteiger charge is 2.59. The van der Waals surface area contributed by atoms with Gasteiger partial charge in [0.05, 0.1) is 18.2 Å². The SMILES string of the molecule is CCC(O)C(O)C1OC(C(=O)O)(C(C)(C)C)CC(O)C1NC(C)=O. The van der Waals surface area contributed by atoms with Gasteiger partial charge in [-0.25, -0.2) is 4.79 Å². The number of hydrogen-bond acceptors (Lipinski definition) is 6. The van der Waals surface area contributed by atoms with Gasteiger partial charge in [-0.2, -0.15) is 0 Å². The first-order chi connectivity index (χ1) is 10.9. The molecule has 1 amide bonds. The fraction of sp³-hybridized carbons (Fsp3) is 0.875. The molecule has 0 radical (unpaired) electrons. The van der Waals surface area contributed by atoms with Gasteiger partial charge in [0, 0.05) is 18.8 Å². The first-order valence-corrected chi connectivity index (χ1v) is 8.10. The van der Waals surface area contributed by atoms with E-state index in [1.54, 1.807) is 27.7 Å². The molecule has 24 heavy (non-hydrogen) atoms. The maximum absolute atomic E-state index is 11.9. The van der Waals surface area contributed by atoms with Crippen molar-refractivity contribution in [2.24, 2.45) is 5.41 Å². The quantitative estimate of drug-likeness (QED) is 0.458. The fourth-order valence-electron chi connectivity index (χ4n) is 3.09. The first kappa shape index (κ1) is 20.8. The summed E-state index contributed by atoms with van der Waals surface area (Å²) in [6, 6.07) is -1.02. The van der Waals surface area contributed by atoms with Crippen LogP contribution in [0.1, 0.15) is 47.5 Å². The number of aliphatic hydroxyl groups excluding tert-OH is 3. The molecule has 0 spiro atoms. The third kappa shape index (κ3) is 3.88. The molecule has 0 aliphatic carbocycles. The van der Waals surface area contributed by atoms with Crippen molar-refractivity contribution in [3.8, 4) is 0 Å². The molecule has 0 saturated carbocycles. The number of nitrogens with one attached hydrogen (secondary N) is 1. The van der Waals surface area contributed by atoms with E-state index in [1.807, 2.05) is 0 Å². The highest BCUT2D eigenvalue weighted by atomic mass is 16.6. The van der Waals surface area contributed by atoms with Crippen LogP contribution in [0.25, 0.3) is 0 Å². The highest BCUT2D eigenvalue weighted by molar-refractivity contribution is 5.79. The van der Waals surface area contributed by atoms with Crippen LogP contribution in [-0.2, 0) is 14.3 Å². The van der Waals surface area contributed by atoms with Crippen LogP contribution in [0.2, 0.25) is 0 Å². The van der Waals surface area contributed by atoms with E-state index in [1.165, 1.54) is 6.92 Å². The van der Waals surface area contributed by atoms with Crippen LogP contribution in [0.15, 0.2) is 0 Å². The zero-order chi connectivity index (χ0) is 18.9. The minimum Gasteiger partial charge on any atom is -0.479 e. The van der Waals surface area contributed by atoms with Crippen molar-refractivity contribution in [3.05, 3.63) is 0 Å². The Morgan fingerprint density at radius 1 is 1.33 bits per heavy atom. The maximum Gasteiger partial charge on any atom is 0.336 e. The van der Waals surface area contributed by atoms with E-state index in [0.717, 1.165) is 0 Å². The number of carbonyl (C=O) groups is 2. The minimum atomic E-state index is -1.76. The summed E-state index contributed by atoms with van der Waals surface area (Å²) in [5.74, 6) is -1.72. The predicted octanol–water partition coefficient (Wildman–Crippen LogP) is -0.358. The topological polar surface area (TPSA) is 136 Å². The maximum atomic E-state index is 11.9. The average Bonchev–Trinajstić information content (AvgIpc) is 2.45. The predicted molar refractivity (Wildman–Crippen MR) is 85.2 cm³/mol. The molecule has 6 unspecified atom stereocenters. The molecule has 1 aliphatic heterocycles. The third-order valence-electron chi connectivity index (χ3n) is 4.68. The molecule has 0 aromatic rings. The summed E-state index contributed by atoms with van der Waals surface area (Å²) in [6.07, 6.45) is -5.18. The Morgan fingerprint density at radius 2 is 1.88 bits per heavy atom. The summed E-state index contributed by atoms with van der Waals surface area (Å²) in [5, 5.41) is 43.1. The number of carbonyl (C=O) groups excluding carboxylic acids is 1. The molecular formula is C16H29NO7. The molecule has 1 heterocycles. The van der Waals surface area contributed by atoms with Crippen molar-refractivity contribution < 1.29 is 34.8 Å². The number of ether oxygens (including phenoxy) is 1. The highest BCUT2D eigenvalue weighted by Crippen LogP contribution is 2.44. The summed E-state index contributed by atoms with van der Waals surface area (Å²) < 4.78 is 5.78. The van der Waals surface area contributed by atoms with Crippen molar-refractivity contribution in [1.29, 1.82) is 0 Å². The van der Waals surface area contributed by atoms with Crippen molar-refractivity contribution >= 4 is 11.9 Å². The molecule has 8 nitrogen and oxygen atoms in total. The molecule has 0 bridgehead atoms. The van der Waals surface area contributed by atoms with Gasteiger partial charge < -0.3 is 30.5 Å². The molecule has 1 aliphatic rings. The summed E-state index contributed by atoms with van der Waals surface area (Å²) in [4.78, 5) is 23.4. The summed E-state index contributed by atoms with van der Waals surface area (Å²) in [6.45, 7) is 7.87. The van der Waals surface area contributed by atoms with E-state index < -0.39 is 53.4 Å². The van der Waals surface area contributed by atoms with Crippen LogP contribution in [0.3, 0.4) is 0 Å². The third-order valence-corrected chi connectivity index (χ3v) is 4.68. The lowest BCUT2D eigenvalue weighted by atomic mass is 9.69. The van der Waals surface area contributed by atoms with Crippen molar-refractivity contribution in [1.82, 2.24) is 5.32 Å². The Bertz CT molecular complexity index is 476. The Hall–Kier alpha value is -1.22. The van der Waals surface area contributed by atoms with Gasteiger partial charge in [-0.1, -0.05) is 27.7 Å². The molecule has 1 saturated heterocycles. The molecule has 1 fully saturated rings. The Labute approximate surface area is 141 Å². The zero-order valence-electron chi connectivity index (χ0n) is 14.8. The second-order valence-electron chi connectivity index (χ2n) is 7.43. The Balaban J connectivity index is 3.32. The van der Waals surface area contributed by atoms with Crippen LogP contribution in [0.5, 0.6) is 0 Å². The molecule has 0 aromatic carbocycles. The van der Waals surface area contributed by atoms with Crippen LogP contribution >= 0.6 is 0 Å². The summed E-state index contributed by atoms with van der Waals surface area (Å²) in [5.41, 5.74) is -2.66. The first-order valence-electron chi connectivity index (χ1n) is 8.10. The number of aliphatic hydroxyl groups is 3. The number of carboxylic acid groups (broad SMARTS) is 1. The van der Waals surface area contributed by atoms with Gasteiger partial charge in [-0.3, -0.25) is 4.79 Å². The van der Waals surface area contributed by atoms with E-state index in [2.05, 4.69) is 5.32 Å². The van der Waals surface area contributed by atoms with Gasteiger partial charge >= 0.3 is 5.97 Å². The van der Waals surface area contributed by atoms with Gasteiger partial charge in [0.25, 0.3) is 0 Å². The van der Waals surface area contributed by atoms with Gasteiger partial charge in [0.2, 0.25) is 5.91 Å². The standard InChI is InChI=1S/C16H29NO7/c1-6-9(19)12(21)13-11(17-8(2)18)10(20)7-16(24-13,14(22)23)15(3,4)5/h9-13,19-21H,6-7H2,1-5H3,(H,17,18)(H,22,23). The molecule has 1 rings (SSSR count). The van der Waals surface area contributed by atoms with Gasteiger partial charge in [0.15, 0.2) is 5.60 Å². The van der Waals surface area contributed by atoms with Crippen LogP contribution < -0.4 is 5.32 Å². The fourth-order valence-corrected chi connectivity index (χ4v) is 3.09. The average molecular weight is 347 g/mol. The number of aliphatic carboxylic acids is 1. The minimum absolute atomic E-state index is 0.208. The summed E-state index contributed by atoms with van der Waals surface area (Å²) in [7, 11) is 0. The lowest BCUT2D eigenvalue weighted by Gasteiger charge is -2.52. The normalized spacial score (nSPS) is 33.6. The lowest BCUT2D eigenvalue weighted by molar-refractivity contribution is -0.252. The van der Waals surface area contributed by atoms with Gasteiger partial charge in [-0.05, 0) is 6.42 Å². The van der Waals surface area contributed by atoms with E-state index in [9.17, 15) is 30.0 Å². The molecule has 0 aromatic heterocycles. The summed E-state index contributed by atoms with van der Waals surface area (Å²) >= 11 is 0. The smallest absolute Gasteiger partial charge is 0.336 e. The Kier molecular flexibility index (Phi) is 6.37. The molecular weight excluding hydrogens is 318 g/mol. The molecule has 8 heteroatoms. The lowest BCUT2D eigenvalue weighted by Crippen LogP contribution is -2.69. The Morgan fingerprint density at radius 3 is 2.25 bits per heavy atom. The van der Waals surface area contributed by atoms with Crippen molar-refractivity contribution in [3.63, 3.8) is 0 Å². The van der Waals surface area contributed by atoms with E-state index in [-0.39, 0.29) is 12.8 Å². The largest absolute Gasteiger partial charge is 0.479 e. The van der Waals surface area contributed by atoms with E-state index in [0.29, 0.717) is 0 Å². The van der Waals surface area contributed by atoms with Crippen LogP contribution in [0.4, 0.5) is 0 Å². The number of carboxylic acids is 1. The monoisotopic (exact) mass is 347 g/mol. The van der Waals surface area contributed by atoms with Crippen LogP contribution in [-0.4, -0.2) is 68.4 Å².